The van der Waals surface area contributed by atoms with E-state index in [9.17, 15) is 4.91 Å². The lowest BCUT2D eigenvalue weighted by atomic mass is 11.2. The van der Waals surface area contributed by atoms with E-state index in [1.54, 1.807) is 14.1 Å². The molecule has 0 aliphatic heterocycles. The molecule has 0 unspecified atom stereocenters. The largest absolute Gasteiger partial charge is 0.213 e. The molecule has 0 rings (SSSR count). The first-order valence-corrected chi connectivity index (χ1v) is 1.74. The molecule has 0 aromatic rings. The van der Waals surface area contributed by atoms with Crippen LogP contribution in [0, 0.1) is 4.91 Å². The Hall–Kier alpha value is -0.680. The highest BCUT2D eigenvalue weighted by atomic mass is 16.3. The van der Waals surface area contributed by atoms with Crippen LogP contribution in [0.5, 0.6) is 0 Å². The normalized spacial score (nSPS) is 9.14. The lowest BCUT2D eigenvalue weighted by molar-refractivity contribution is 0.0252. The Balaban J connectivity index is 3.33. The van der Waals surface area contributed by atoms with Crippen molar-refractivity contribution in [2.75, 3.05) is 14.1 Å². The van der Waals surface area contributed by atoms with Crippen molar-refractivity contribution >= 4 is 0 Å². The van der Waals surface area contributed by atoms with E-state index in [1.807, 2.05) is 0 Å². The van der Waals surface area contributed by atoms with Crippen LogP contribution in [0.25, 0.3) is 0 Å². The van der Waals surface area contributed by atoms with Gasteiger partial charge in [-0.15, -0.1) is 10.1 Å². The SMILES string of the molecule is CN(C)N(N)N=O. The molecule has 0 aliphatic carbocycles. The second-order valence-corrected chi connectivity index (χ2v) is 1.25. The van der Waals surface area contributed by atoms with Gasteiger partial charge in [-0.3, -0.25) is 0 Å². The highest BCUT2D eigenvalue weighted by molar-refractivity contribution is 4.21. The second kappa shape index (κ2) is 2.49. The molecule has 2 N–H and O–H groups in total. The summed E-state index contributed by atoms with van der Waals surface area (Å²) in [6.07, 6.45) is 0. The number of nitrogens with zero attached hydrogens (tertiary/aromatic N) is 3. The summed E-state index contributed by atoms with van der Waals surface area (Å²) in [5.41, 5.74) is 0. The van der Waals surface area contributed by atoms with Gasteiger partial charge in [-0.1, -0.05) is 0 Å². The second-order valence-electron chi connectivity index (χ2n) is 1.25. The van der Waals surface area contributed by atoms with Crippen molar-refractivity contribution in [2.45, 2.75) is 0 Å². The van der Waals surface area contributed by atoms with Gasteiger partial charge in [0.15, 0.2) is 0 Å². The molecule has 0 aliphatic rings. The zero-order valence-electron chi connectivity index (χ0n) is 4.33. The molecule has 0 bridgehead atoms. The Morgan fingerprint density at radius 2 is 2.00 bits per heavy atom. The van der Waals surface area contributed by atoms with E-state index in [4.69, 9.17) is 5.84 Å². The predicted molar refractivity (Wildman–Crippen MR) is 25.5 cm³/mol. The molecule has 0 fully saturated rings. The lowest BCUT2D eigenvalue weighted by Crippen LogP contribution is -2.37. The summed E-state index contributed by atoms with van der Waals surface area (Å²) in [6, 6.07) is 0. The maximum Gasteiger partial charge on any atom is 0.0851 e. The van der Waals surface area contributed by atoms with Crippen LogP contribution in [-0.2, 0) is 0 Å². The molecule has 7 heavy (non-hydrogen) atoms. The van der Waals surface area contributed by atoms with Gasteiger partial charge in [0.2, 0.25) is 0 Å². The van der Waals surface area contributed by atoms with Crippen LogP contribution in [0.2, 0.25) is 0 Å². The summed E-state index contributed by atoms with van der Waals surface area (Å²) in [5, 5.41) is 4.42. The monoisotopic (exact) mass is 104 g/mol. The van der Waals surface area contributed by atoms with Crippen molar-refractivity contribution in [2.24, 2.45) is 11.1 Å². The van der Waals surface area contributed by atoms with Gasteiger partial charge in [0.05, 0.1) is 5.29 Å². The average Bonchev–Trinajstić information content (AvgIpc) is 1.65. The van der Waals surface area contributed by atoms with Gasteiger partial charge in [-0.05, 0) is 0 Å². The smallest absolute Gasteiger partial charge is 0.0851 e. The number of hydrogen-bond donors (Lipinski definition) is 1. The Morgan fingerprint density at radius 1 is 1.57 bits per heavy atom. The fraction of sp³-hybridized carbons (Fsp3) is 1.00. The van der Waals surface area contributed by atoms with E-state index < -0.39 is 0 Å². The van der Waals surface area contributed by atoms with Crippen LogP contribution < -0.4 is 5.84 Å². The molecule has 0 saturated carbocycles. The van der Waals surface area contributed by atoms with Gasteiger partial charge in [0.25, 0.3) is 0 Å². The zero-order valence-corrected chi connectivity index (χ0v) is 4.33. The fourth-order valence-electron chi connectivity index (χ4n) is 0.0730. The topological polar surface area (TPSA) is 61.9 Å². The van der Waals surface area contributed by atoms with Crippen LogP contribution in [0.1, 0.15) is 0 Å². The summed E-state index contributed by atoms with van der Waals surface area (Å²) in [6.45, 7) is 0. The van der Waals surface area contributed by atoms with Crippen molar-refractivity contribution in [3.63, 3.8) is 0 Å². The Labute approximate surface area is 41.6 Å². The summed E-state index contributed by atoms with van der Waals surface area (Å²) in [5.74, 6) is 4.90. The first kappa shape index (κ1) is 6.32. The lowest BCUT2D eigenvalue weighted by Gasteiger charge is -2.13. The van der Waals surface area contributed by atoms with Crippen LogP contribution in [0.15, 0.2) is 5.29 Å². The highest BCUT2D eigenvalue weighted by Crippen LogP contribution is 1.76. The standard InChI is InChI=1S/C2H8N4O/c1-5(2)6(3)4-7/h3H2,1-2H3. The van der Waals surface area contributed by atoms with Gasteiger partial charge in [0.1, 0.15) is 0 Å². The third-order valence-electron chi connectivity index (χ3n) is 0.493. The number of rotatable bonds is 2. The maximum absolute atomic E-state index is 9.46. The molecule has 42 valence electrons. The Kier molecular flexibility index (Phi) is 2.24. The van der Waals surface area contributed by atoms with Gasteiger partial charge in [-0.2, -0.15) is 5.01 Å². The van der Waals surface area contributed by atoms with E-state index in [0.29, 0.717) is 5.23 Å². The van der Waals surface area contributed by atoms with E-state index in [0.717, 1.165) is 0 Å². The maximum atomic E-state index is 9.46. The van der Waals surface area contributed by atoms with Gasteiger partial charge in [0, 0.05) is 14.1 Å². The molecule has 0 radical (unpaired) electrons. The van der Waals surface area contributed by atoms with E-state index in [1.165, 1.54) is 5.01 Å². The minimum atomic E-state index is 0.694. The highest BCUT2D eigenvalue weighted by Gasteiger charge is 1.92. The first-order valence-electron chi connectivity index (χ1n) is 1.74. The Morgan fingerprint density at radius 3 is 2.00 bits per heavy atom. The van der Waals surface area contributed by atoms with E-state index in [-0.39, 0.29) is 0 Å². The number of nitroso groups, excluding NO2 is 1. The average molecular weight is 104 g/mol. The summed E-state index contributed by atoms with van der Waals surface area (Å²) in [4.78, 5) is 9.46. The fourth-order valence-corrected chi connectivity index (χ4v) is 0.0730. The molecule has 5 heteroatoms. The molecule has 0 atom stereocenters. The summed E-state index contributed by atoms with van der Waals surface area (Å²) < 4.78 is 0. The van der Waals surface area contributed by atoms with Crippen molar-refractivity contribution < 1.29 is 0 Å². The minimum Gasteiger partial charge on any atom is -0.213 e. The molecular formula is C2H8N4O. The van der Waals surface area contributed by atoms with Crippen molar-refractivity contribution in [3.05, 3.63) is 4.91 Å². The molecule has 0 saturated heterocycles. The first-order chi connectivity index (χ1) is 3.18. The van der Waals surface area contributed by atoms with Gasteiger partial charge < -0.3 is 0 Å². The van der Waals surface area contributed by atoms with Crippen molar-refractivity contribution in [1.29, 1.82) is 0 Å². The molecule has 0 heterocycles. The summed E-state index contributed by atoms with van der Waals surface area (Å²) >= 11 is 0. The molecule has 0 spiro atoms. The van der Waals surface area contributed by atoms with Crippen LogP contribution in [0.4, 0.5) is 0 Å². The number of hydrogen-bond acceptors (Lipinski definition) is 4. The van der Waals surface area contributed by atoms with Gasteiger partial charge >= 0.3 is 0 Å². The molecular weight excluding hydrogens is 96.0 g/mol. The van der Waals surface area contributed by atoms with E-state index >= 15 is 0 Å². The van der Waals surface area contributed by atoms with Crippen molar-refractivity contribution in [3.8, 4) is 0 Å². The molecule has 0 aromatic heterocycles. The van der Waals surface area contributed by atoms with Crippen molar-refractivity contribution in [1.82, 2.24) is 10.2 Å². The molecule has 5 nitrogen and oxygen atoms in total. The molecule has 0 amide bonds. The minimum absolute atomic E-state index is 0.694. The third-order valence-corrected chi connectivity index (χ3v) is 0.493. The van der Waals surface area contributed by atoms with E-state index in [2.05, 4.69) is 5.29 Å². The predicted octanol–water partition coefficient (Wildman–Crippen LogP) is -0.680. The molecule has 0 aromatic carbocycles. The number of hydrazine groups is 2. The third kappa shape index (κ3) is 2.07. The van der Waals surface area contributed by atoms with Crippen LogP contribution in [0.3, 0.4) is 0 Å². The zero-order chi connectivity index (χ0) is 5.86. The summed E-state index contributed by atoms with van der Waals surface area (Å²) in [7, 11) is 3.22. The van der Waals surface area contributed by atoms with Gasteiger partial charge in [-0.25, -0.2) is 5.84 Å². The van der Waals surface area contributed by atoms with Crippen LogP contribution >= 0.6 is 0 Å². The van der Waals surface area contributed by atoms with Crippen LogP contribution in [-0.4, -0.2) is 24.3 Å². The quantitative estimate of drug-likeness (QED) is 0.286. The number of nitrogens with two attached hydrogens (primary N) is 1. The Bertz CT molecular complexity index is 62.7.